The molecule has 26 heavy (non-hydrogen) atoms. The van der Waals surface area contributed by atoms with E-state index in [9.17, 15) is 10.3 Å². The molecule has 2 aromatic rings. The zero-order valence-corrected chi connectivity index (χ0v) is 15.5. The van der Waals surface area contributed by atoms with Gasteiger partial charge in [-0.2, -0.15) is 0 Å². The number of hydrogen-bond donors (Lipinski definition) is 1. The lowest BCUT2D eigenvalue weighted by atomic mass is 9.76. The lowest BCUT2D eigenvalue weighted by Crippen LogP contribution is -2.48. The van der Waals surface area contributed by atoms with Crippen LogP contribution in [0.25, 0.3) is 11.1 Å². The van der Waals surface area contributed by atoms with E-state index < -0.39 is 0 Å². The normalized spacial score (nSPS) is 23.0. The van der Waals surface area contributed by atoms with Crippen molar-refractivity contribution in [3.05, 3.63) is 40.1 Å². The molecular weight excluding hydrogens is 334 g/mol. The minimum Gasteiger partial charge on any atom is -0.633 e. The second-order valence-electron chi connectivity index (χ2n) is 7.11. The summed E-state index contributed by atoms with van der Waals surface area (Å²) < 4.78 is 16.2. The van der Waals surface area contributed by atoms with Gasteiger partial charge in [0.2, 0.25) is 0 Å². The van der Waals surface area contributed by atoms with Gasteiger partial charge in [-0.15, -0.1) is 0 Å². The van der Waals surface area contributed by atoms with Crippen LogP contribution in [0.3, 0.4) is 0 Å². The average Bonchev–Trinajstić information content (AvgIpc) is 2.63. The molecule has 2 aromatic carbocycles. The Hall–Kier alpha value is -2.44. The Bertz CT molecular complexity index is 891. The van der Waals surface area contributed by atoms with Crippen LogP contribution < -0.4 is 14.2 Å². The maximum Gasteiger partial charge on any atom is 0.169 e. The smallest absolute Gasteiger partial charge is 0.169 e. The second kappa shape index (κ2) is 5.79. The van der Waals surface area contributed by atoms with Crippen LogP contribution in [0, 0.1) is 5.21 Å². The van der Waals surface area contributed by atoms with Crippen LogP contribution >= 0.6 is 0 Å². The van der Waals surface area contributed by atoms with Gasteiger partial charge in [-0.1, -0.05) is 0 Å². The second-order valence-corrected chi connectivity index (χ2v) is 7.11. The summed E-state index contributed by atoms with van der Waals surface area (Å²) in [6.45, 7) is 0.518. The Morgan fingerprint density at radius 3 is 2.42 bits per heavy atom. The lowest BCUT2D eigenvalue weighted by molar-refractivity contribution is -0.894. The molecule has 0 radical (unpaired) electrons. The summed E-state index contributed by atoms with van der Waals surface area (Å²) >= 11 is 0. The van der Waals surface area contributed by atoms with Gasteiger partial charge in [0.1, 0.15) is 6.04 Å². The van der Waals surface area contributed by atoms with Crippen molar-refractivity contribution in [1.29, 1.82) is 0 Å². The van der Waals surface area contributed by atoms with Gasteiger partial charge in [0.25, 0.3) is 0 Å². The number of rotatable bonds is 3. The topological polar surface area (TPSA) is 71.0 Å². The minimum atomic E-state index is -0.332. The number of fused-ring (bicyclic) bond motifs is 2. The molecule has 0 fully saturated rings. The number of nitrogens with zero attached hydrogens (tertiary/aromatic N) is 1. The molecule has 1 aliphatic carbocycles. The first-order valence-electron chi connectivity index (χ1n) is 8.65. The highest BCUT2D eigenvalue weighted by molar-refractivity contribution is 5.84. The van der Waals surface area contributed by atoms with Gasteiger partial charge in [-0.05, 0) is 34.9 Å². The Balaban J connectivity index is 2.10. The summed E-state index contributed by atoms with van der Waals surface area (Å²) in [7, 11) is 6.47. The molecule has 138 valence electrons. The average molecular weight is 357 g/mol. The molecule has 2 aliphatic rings. The van der Waals surface area contributed by atoms with E-state index in [1.807, 2.05) is 12.1 Å². The summed E-state index contributed by atoms with van der Waals surface area (Å²) in [5, 5.41) is 23.4. The van der Waals surface area contributed by atoms with Gasteiger partial charge >= 0.3 is 0 Å². The molecule has 1 N–H and O–H groups in total. The van der Waals surface area contributed by atoms with Gasteiger partial charge in [-0.25, -0.2) is 0 Å². The van der Waals surface area contributed by atoms with E-state index in [1.165, 1.54) is 7.11 Å². The quantitative estimate of drug-likeness (QED) is 0.675. The fourth-order valence-corrected chi connectivity index (χ4v) is 4.37. The van der Waals surface area contributed by atoms with Crippen LogP contribution in [0.15, 0.2) is 18.2 Å². The summed E-state index contributed by atoms with van der Waals surface area (Å²) in [5.41, 5.74) is 4.88. The number of aromatic hydroxyl groups is 1. The van der Waals surface area contributed by atoms with Gasteiger partial charge < -0.3 is 29.2 Å². The van der Waals surface area contributed by atoms with Crippen LogP contribution in [-0.4, -0.2) is 44.7 Å². The Morgan fingerprint density at radius 2 is 1.77 bits per heavy atom. The highest BCUT2D eigenvalue weighted by atomic mass is 16.5. The number of phenols is 1. The molecule has 1 aliphatic heterocycles. The molecule has 6 heteroatoms. The van der Waals surface area contributed by atoms with E-state index in [0.717, 1.165) is 27.8 Å². The number of ether oxygens (including phenoxy) is 3. The molecule has 0 saturated heterocycles. The van der Waals surface area contributed by atoms with Crippen molar-refractivity contribution < 1.29 is 24.0 Å². The maximum atomic E-state index is 13.2. The largest absolute Gasteiger partial charge is 0.633 e. The van der Waals surface area contributed by atoms with Crippen LogP contribution in [0.1, 0.15) is 22.7 Å². The van der Waals surface area contributed by atoms with Gasteiger partial charge in [0.15, 0.2) is 23.0 Å². The molecule has 2 atom stereocenters. The van der Waals surface area contributed by atoms with E-state index >= 15 is 0 Å². The van der Waals surface area contributed by atoms with Gasteiger partial charge in [-0.3, -0.25) is 0 Å². The summed E-state index contributed by atoms with van der Waals surface area (Å²) in [4.78, 5) is 0. The minimum absolute atomic E-state index is 0.0766. The Labute approximate surface area is 152 Å². The third kappa shape index (κ3) is 2.26. The van der Waals surface area contributed by atoms with Crippen LogP contribution in [0.4, 0.5) is 0 Å². The first-order valence-corrected chi connectivity index (χ1v) is 8.65. The maximum absolute atomic E-state index is 13.2. The van der Waals surface area contributed by atoms with Crippen LogP contribution in [0.5, 0.6) is 23.0 Å². The first-order chi connectivity index (χ1) is 12.4. The number of benzene rings is 2. The molecule has 0 unspecified atom stereocenters. The first kappa shape index (κ1) is 17.0. The molecule has 0 amide bonds. The molecule has 6 nitrogen and oxygen atoms in total. The van der Waals surface area contributed by atoms with Crippen molar-refractivity contribution in [3.8, 4) is 34.1 Å². The lowest BCUT2D eigenvalue weighted by Gasteiger charge is -2.51. The number of methoxy groups -OCH3 is 3. The van der Waals surface area contributed by atoms with Crippen molar-refractivity contribution in [3.63, 3.8) is 0 Å². The van der Waals surface area contributed by atoms with E-state index in [0.29, 0.717) is 36.6 Å². The number of quaternary nitrogens is 1. The zero-order chi connectivity index (χ0) is 18.6. The number of likely N-dealkylation sites (N-methyl/N-ethyl adjacent to an activating group) is 1. The highest BCUT2D eigenvalue weighted by Crippen LogP contribution is 2.55. The Kier molecular flexibility index (Phi) is 3.78. The SMILES string of the molecule is COc1cc2c(cc1O)C[C@H]1c3c(cc(OC)c(OC)c3-2)CC[N@+]1(C)[O-]. The fourth-order valence-electron chi connectivity index (χ4n) is 4.37. The Morgan fingerprint density at radius 1 is 1.04 bits per heavy atom. The van der Waals surface area contributed by atoms with Crippen molar-refractivity contribution >= 4 is 0 Å². The monoisotopic (exact) mass is 357 g/mol. The fraction of sp³-hybridized carbons (Fsp3) is 0.400. The van der Waals surface area contributed by atoms with Gasteiger partial charge in [0.05, 0.1) is 34.9 Å². The third-order valence-corrected chi connectivity index (χ3v) is 5.70. The van der Waals surface area contributed by atoms with E-state index in [4.69, 9.17) is 14.2 Å². The number of hydroxylamine groups is 3. The zero-order valence-electron chi connectivity index (χ0n) is 15.5. The molecule has 0 aromatic heterocycles. The third-order valence-electron chi connectivity index (χ3n) is 5.70. The highest BCUT2D eigenvalue weighted by Gasteiger charge is 2.42. The molecule has 0 bridgehead atoms. The molecule has 0 spiro atoms. The van der Waals surface area contributed by atoms with Crippen molar-refractivity contribution in [2.24, 2.45) is 0 Å². The number of phenolic OH excluding ortho intramolecular Hbond substituents is 1. The molecule has 0 saturated carbocycles. The summed E-state index contributed by atoms with van der Waals surface area (Å²) in [6, 6.07) is 5.28. The van der Waals surface area contributed by atoms with E-state index in [-0.39, 0.29) is 16.4 Å². The van der Waals surface area contributed by atoms with Crippen LogP contribution in [-0.2, 0) is 12.8 Å². The summed E-state index contributed by atoms with van der Waals surface area (Å²) in [5.74, 6) is 1.75. The predicted molar refractivity (Wildman–Crippen MR) is 97.8 cm³/mol. The molecule has 1 heterocycles. The molecular formula is C20H23NO5. The van der Waals surface area contributed by atoms with Crippen molar-refractivity contribution in [1.82, 2.24) is 0 Å². The van der Waals surface area contributed by atoms with E-state index in [2.05, 4.69) is 0 Å². The number of hydrogen-bond acceptors (Lipinski definition) is 5. The van der Waals surface area contributed by atoms with Crippen LogP contribution in [0.2, 0.25) is 0 Å². The van der Waals surface area contributed by atoms with E-state index in [1.54, 1.807) is 27.3 Å². The summed E-state index contributed by atoms with van der Waals surface area (Å²) in [6.07, 6.45) is 1.27. The van der Waals surface area contributed by atoms with Gasteiger partial charge in [0, 0.05) is 24.0 Å². The van der Waals surface area contributed by atoms with Crippen molar-refractivity contribution in [2.45, 2.75) is 18.9 Å². The predicted octanol–water partition coefficient (Wildman–Crippen LogP) is 3.18. The van der Waals surface area contributed by atoms with Crippen molar-refractivity contribution in [2.75, 3.05) is 34.9 Å². The molecule has 4 rings (SSSR count). The standard InChI is InChI=1S/C20H23NO5/c1-21(23)6-5-11-9-17(25-3)20(26-4)19-13-10-16(24-2)15(22)8-12(13)7-14(21)18(11)19/h8-10,14,22H,5-7H2,1-4H3/t14-,21-/m0/s1.